The van der Waals surface area contributed by atoms with Crippen LogP contribution in [0.4, 0.5) is 0 Å². The van der Waals surface area contributed by atoms with E-state index in [1.807, 2.05) is 36.5 Å². The van der Waals surface area contributed by atoms with Crippen LogP contribution in [0.2, 0.25) is 0 Å². The quantitative estimate of drug-likeness (QED) is 0.247. The molecule has 0 aliphatic rings. The highest BCUT2D eigenvalue weighted by Gasteiger charge is 2.14. The fourth-order valence-corrected chi connectivity index (χ4v) is 4.80. The Bertz CT molecular complexity index is 1660. The summed E-state index contributed by atoms with van der Waals surface area (Å²) >= 11 is 0. The van der Waals surface area contributed by atoms with Crippen LogP contribution in [0.3, 0.4) is 0 Å². The Morgan fingerprint density at radius 1 is 0.694 bits per heavy atom. The predicted octanol–water partition coefficient (Wildman–Crippen LogP) is 8.16. The van der Waals surface area contributed by atoms with E-state index in [4.69, 9.17) is 4.74 Å². The summed E-state index contributed by atoms with van der Waals surface area (Å²) in [5.74, 6) is 2.33. The molecule has 0 amide bonds. The molecule has 0 radical (unpaired) electrons. The fraction of sp³-hybridized carbons (Fsp3) is 0.125. The molecule has 0 bridgehead atoms. The van der Waals surface area contributed by atoms with Crippen molar-refractivity contribution in [3.63, 3.8) is 0 Å². The first-order chi connectivity index (χ1) is 17.7. The second-order valence-corrected chi connectivity index (χ2v) is 8.91. The second-order valence-electron chi connectivity index (χ2n) is 8.91. The van der Waals surface area contributed by atoms with Crippen molar-refractivity contribution in [1.29, 1.82) is 0 Å². The molecule has 6 aromatic rings. The van der Waals surface area contributed by atoms with Gasteiger partial charge in [0.2, 0.25) is 5.88 Å². The number of nitrogens with zero attached hydrogens (tertiary/aromatic N) is 3. The number of hydrogen-bond acceptors (Lipinski definition) is 3. The van der Waals surface area contributed by atoms with Crippen molar-refractivity contribution in [2.45, 2.75) is 26.7 Å². The number of ether oxygens (including phenoxy) is 1. The van der Waals surface area contributed by atoms with E-state index in [-0.39, 0.29) is 0 Å². The summed E-state index contributed by atoms with van der Waals surface area (Å²) in [7, 11) is 0. The first-order valence-corrected chi connectivity index (χ1v) is 12.5. The molecule has 0 aliphatic carbocycles. The zero-order chi connectivity index (χ0) is 24.5. The number of para-hydroxylation sites is 1. The van der Waals surface area contributed by atoms with Gasteiger partial charge in [0.1, 0.15) is 11.6 Å². The van der Waals surface area contributed by atoms with Crippen molar-refractivity contribution in [2.75, 3.05) is 0 Å². The van der Waals surface area contributed by atoms with Crippen LogP contribution in [0.1, 0.15) is 25.1 Å². The molecular formula is C32H27N3O. The lowest BCUT2D eigenvalue weighted by Crippen LogP contribution is -1.96. The normalized spacial score (nSPS) is 11.3. The number of benzene rings is 3. The van der Waals surface area contributed by atoms with Crippen LogP contribution in [0.15, 0.2) is 103 Å². The van der Waals surface area contributed by atoms with E-state index in [1.165, 1.54) is 16.3 Å². The van der Waals surface area contributed by atoms with Gasteiger partial charge in [-0.15, -0.1) is 0 Å². The van der Waals surface area contributed by atoms with Crippen LogP contribution in [-0.4, -0.2) is 14.5 Å². The van der Waals surface area contributed by atoms with Gasteiger partial charge in [-0.1, -0.05) is 62.4 Å². The van der Waals surface area contributed by atoms with E-state index in [0.29, 0.717) is 5.88 Å². The topological polar surface area (TPSA) is 39.9 Å². The second kappa shape index (κ2) is 9.31. The maximum Gasteiger partial charge on any atom is 0.219 e. The summed E-state index contributed by atoms with van der Waals surface area (Å²) in [5, 5.41) is 2.43. The molecule has 0 atom stereocenters. The number of hydrogen-bond donors (Lipinski definition) is 0. The van der Waals surface area contributed by atoms with Crippen LogP contribution in [0, 0.1) is 0 Å². The molecule has 0 saturated carbocycles. The van der Waals surface area contributed by atoms with Gasteiger partial charge in [-0.25, -0.2) is 9.97 Å². The van der Waals surface area contributed by atoms with E-state index in [1.54, 1.807) is 0 Å². The van der Waals surface area contributed by atoms with Gasteiger partial charge in [-0.3, -0.25) is 4.57 Å². The third-order valence-corrected chi connectivity index (χ3v) is 6.63. The molecule has 0 saturated heterocycles. The van der Waals surface area contributed by atoms with E-state index in [0.717, 1.165) is 52.3 Å². The summed E-state index contributed by atoms with van der Waals surface area (Å²) in [6.07, 6.45) is 3.68. The van der Waals surface area contributed by atoms with Crippen molar-refractivity contribution in [2.24, 2.45) is 0 Å². The maximum absolute atomic E-state index is 6.23. The Hall–Kier alpha value is -4.44. The van der Waals surface area contributed by atoms with Crippen molar-refractivity contribution in [1.82, 2.24) is 14.5 Å². The number of aryl methyl sites for hydroxylation is 2. The molecule has 0 aliphatic heterocycles. The van der Waals surface area contributed by atoms with Crippen LogP contribution >= 0.6 is 0 Å². The minimum absolute atomic E-state index is 0.647. The summed E-state index contributed by atoms with van der Waals surface area (Å²) in [6.45, 7) is 4.27. The van der Waals surface area contributed by atoms with Crippen molar-refractivity contribution < 1.29 is 4.74 Å². The molecule has 0 unspecified atom stereocenters. The number of aromatic nitrogens is 3. The van der Waals surface area contributed by atoms with Crippen LogP contribution in [0.25, 0.3) is 38.8 Å². The third kappa shape index (κ3) is 4.01. The molecule has 4 nitrogen and oxygen atoms in total. The lowest BCUT2D eigenvalue weighted by Gasteiger charge is -2.11. The molecular weight excluding hydrogens is 442 g/mol. The van der Waals surface area contributed by atoms with Crippen molar-refractivity contribution in [3.8, 4) is 28.6 Å². The van der Waals surface area contributed by atoms with Gasteiger partial charge in [0.25, 0.3) is 0 Å². The monoisotopic (exact) mass is 469 g/mol. The first kappa shape index (κ1) is 22.1. The van der Waals surface area contributed by atoms with Crippen LogP contribution in [-0.2, 0) is 12.8 Å². The molecule has 36 heavy (non-hydrogen) atoms. The Morgan fingerprint density at radius 3 is 2.36 bits per heavy atom. The Labute approximate surface area is 210 Å². The SMILES string of the molecule is CCc1cc(CC)nc(Oc2cccc(-c3ccc4c5ccccc5n(-c5ccccn5)c4c3)c2)c1. The Kier molecular flexibility index (Phi) is 5.70. The molecule has 3 heterocycles. The summed E-state index contributed by atoms with van der Waals surface area (Å²) in [6, 6.07) is 33.6. The van der Waals surface area contributed by atoms with E-state index in [2.05, 4.69) is 95.1 Å². The van der Waals surface area contributed by atoms with Gasteiger partial charge in [-0.05, 0) is 72.0 Å². The number of rotatable bonds is 6. The zero-order valence-electron chi connectivity index (χ0n) is 20.5. The highest BCUT2D eigenvalue weighted by molar-refractivity contribution is 6.10. The third-order valence-electron chi connectivity index (χ3n) is 6.63. The average Bonchev–Trinajstić information content (AvgIpc) is 3.27. The van der Waals surface area contributed by atoms with E-state index in [9.17, 15) is 0 Å². The van der Waals surface area contributed by atoms with Gasteiger partial charge in [-0.2, -0.15) is 0 Å². The van der Waals surface area contributed by atoms with E-state index >= 15 is 0 Å². The molecule has 6 rings (SSSR count). The van der Waals surface area contributed by atoms with Gasteiger partial charge >= 0.3 is 0 Å². The lowest BCUT2D eigenvalue weighted by atomic mass is 10.0. The zero-order valence-corrected chi connectivity index (χ0v) is 20.5. The van der Waals surface area contributed by atoms with Crippen LogP contribution < -0.4 is 4.74 Å². The summed E-state index contributed by atoms with van der Waals surface area (Å²) in [5.41, 5.74) is 6.78. The first-order valence-electron chi connectivity index (χ1n) is 12.5. The predicted molar refractivity (Wildman–Crippen MR) is 147 cm³/mol. The maximum atomic E-state index is 6.23. The molecule has 176 valence electrons. The van der Waals surface area contributed by atoms with Crippen molar-refractivity contribution >= 4 is 21.8 Å². The van der Waals surface area contributed by atoms with E-state index < -0.39 is 0 Å². The van der Waals surface area contributed by atoms with Gasteiger partial charge < -0.3 is 4.74 Å². The highest BCUT2D eigenvalue weighted by atomic mass is 16.5. The summed E-state index contributed by atoms with van der Waals surface area (Å²) in [4.78, 5) is 9.32. The van der Waals surface area contributed by atoms with Gasteiger partial charge in [0.15, 0.2) is 0 Å². The minimum atomic E-state index is 0.647. The summed E-state index contributed by atoms with van der Waals surface area (Å²) < 4.78 is 8.46. The lowest BCUT2D eigenvalue weighted by molar-refractivity contribution is 0.460. The molecule has 4 heteroatoms. The minimum Gasteiger partial charge on any atom is -0.439 e. The van der Waals surface area contributed by atoms with Gasteiger partial charge in [0.05, 0.1) is 11.0 Å². The van der Waals surface area contributed by atoms with Gasteiger partial charge in [0, 0.05) is 28.7 Å². The fourth-order valence-electron chi connectivity index (χ4n) is 4.80. The number of pyridine rings is 2. The molecule has 0 spiro atoms. The highest BCUT2D eigenvalue weighted by Crippen LogP contribution is 2.35. The standard InChI is InChI=1S/C32H27N3O/c1-3-22-18-25(4-2)34-32(19-22)36-26-11-9-10-23(20-26)24-15-16-28-27-12-5-6-13-29(27)35(30(28)21-24)31-14-7-8-17-33-31/h5-21H,3-4H2,1-2H3. The smallest absolute Gasteiger partial charge is 0.219 e. The van der Waals surface area contributed by atoms with Crippen LogP contribution in [0.5, 0.6) is 11.6 Å². The molecule has 3 aromatic carbocycles. The van der Waals surface area contributed by atoms with Crippen molar-refractivity contribution in [3.05, 3.63) is 115 Å². The largest absolute Gasteiger partial charge is 0.439 e. The number of fused-ring (bicyclic) bond motifs is 3. The molecule has 3 aromatic heterocycles. The molecule has 0 N–H and O–H groups in total. The Balaban J connectivity index is 1.44. The average molecular weight is 470 g/mol. The Morgan fingerprint density at radius 2 is 1.53 bits per heavy atom. The molecule has 0 fully saturated rings.